The normalized spacial score (nSPS) is 11.0. The molecular formula is C17H22ClN3O3. The molecule has 7 heteroatoms. The molecule has 0 aromatic heterocycles. The SMILES string of the molecule is COCCN(/C=C(/C#N)C(=O)NCc1ccccc1Cl)CCOC. The Morgan fingerprint density at radius 2 is 1.92 bits per heavy atom. The van der Waals surface area contributed by atoms with Crippen molar-refractivity contribution in [3.8, 4) is 6.07 Å². The highest BCUT2D eigenvalue weighted by atomic mass is 35.5. The third kappa shape index (κ3) is 7.01. The van der Waals surface area contributed by atoms with E-state index in [-0.39, 0.29) is 12.1 Å². The van der Waals surface area contributed by atoms with Crippen LogP contribution < -0.4 is 5.32 Å². The number of amides is 1. The molecule has 24 heavy (non-hydrogen) atoms. The highest BCUT2D eigenvalue weighted by molar-refractivity contribution is 6.31. The molecule has 0 aliphatic heterocycles. The zero-order chi connectivity index (χ0) is 17.8. The minimum Gasteiger partial charge on any atom is -0.383 e. The molecule has 0 bridgehead atoms. The number of methoxy groups -OCH3 is 2. The number of benzene rings is 1. The van der Waals surface area contributed by atoms with Crippen LogP contribution in [0.4, 0.5) is 0 Å². The lowest BCUT2D eigenvalue weighted by molar-refractivity contribution is -0.117. The van der Waals surface area contributed by atoms with Crippen LogP contribution in [0.3, 0.4) is 0 Å². The van der Waals surface area contributed by atoms with Crippen LogP contribution in [-0.2, 0) is 20.8 Å². The van der Waals surface area contributed by atoms with Gasteiger partial charge in [-0.25, -0.2) is 0 Å². The maximum Gasteiger partial charge on any atom is 0.263 e. The van der Waals surface area contributed by atoms with E-state index >= 15 is 0 Å². The van der Waals surface area contributed by atoms with Crippen molar-refractivity contribution in [2.45, 2.75) is 6.54 Å². The first-order valence-electron chi connectivity index (χ1n) is 7.47. The van der Waals surface area contributed by atoms with Gasteiger partial charge < -0.3 is 19.7 Å². The van der Waals surface area contributed by atoms with Crippen LogP contribution in [0.2, 0.25) is 5.02 Å². The first-order chi connectivity index (χ1) is 11.6. The van der Waals surface area contributed by atoms with Crippen molar-refractivity contribution < 1.29 is 14.3 Å². The van der Waals surface area contributed by atoms with Gasteiger partial charge in [0, 0.05) is 45.1 Å². The molecule has 0 heterocycles. The molecule has 0 unspecified atom stereocenters. The van der Waals surface area contributed by atoms with Gasteiger partial charge in [-0.2, -0.15) is 5.26 Å². The van der Waals surface area contributed by atoms with Crippen molar-refractivity contribution >= 4 is 17.5 Å². The van der Waals surface area contributed by atoms with E-state index in [0.717, 1.165) is 5.56 Å². The van der Waals surface area contributed by atoms with E-state index in [1.807, 2.05) is 29.2 Å². The molecule has 0 fully saturated rings. The van der Waals surface area contributed by atoms with Gasteiger partial charge in [0.15, 0.2) is 0 Å². The fourth-order valence-corrected chi connectivity index (χ4v) is 2.09. The Hall–Kier alpha value is -2.07. The molecule has 1 aromatic rings. The first-order valence-corrected chi connectivity index (χ1v) is 7.85. The number of rotatable bonds is 10. The highest BCUT2D eigenvalue weighted by Gasteiger charge is 2.12. The Kier molecular flexibility index (Phi) is 9.54. The maximum absolute atomic E-state index is 12.2. The number of nitrogens with zero attached hydrogens (tertiary/aromatic N) is 2. The van der Waals surface area contributed by atoms with Gasteiger partial charge in [-0.1, -0.05) is 29.8 Å². The third-order valence-corrected chi connectivity index (χ3v) is 3.61. The lowest BCUT2D eigenvalue weighted by Gasteiger charge is -2.20. The number of hydrogen-bond acceptors (Lipinski definition) is 5. The van der Waals surface area contributed by atoms with Gasteiger partial charge in [0.25, 0.3) is 5.91 Å². The molecule has 0 radical (unpaired) electrons. The summed E-state index contributed by atoms with van der Waals surface area (Å²) in [5.74, 6) is -0.447. The summed E-state index contributed by atoms with van der Waals surface area (Å²) in [4.78, 5) is 14.0. The van der Waals surface area contributed by atoms with Gasteiger partial charge in [-0.3, -0.25) is 4.79 Å². The second-order valence-electron chi connectivity index (χ2n) is 4.95. The predicted molar refractivity (Wildman–Crippen MR) is 92.3 cm³/mol. The lowest BCUT2D eigenvalue weighted by Crippen LogP contribution is -2.29. The lowest BCUT2D eigenvalue weighted by atomic mass is 10.2. The standard InChI is InChI=1S/C17H22ClN3O3/c1-23-9-7-21(8-10-24-2)13-15(11-19)17(22)20-12-14-5-3-4-6-16(14)18/h3-6,13H,7-10,12H2,1-2H3,(H,20,22)/b15-13-. The second kappa shape index (κ2) is 11.5. The van der Waals surface area contributed by atoms with Gasteiger partial charge in [0.05, 0.1) is 13.2 Å². The topological polar surface area (TPSA) is 74.6 Å². The molecule has 0 saturated carbocycles. The molecule has 1 rings (SSSR count). The zero-order valence-corrected chi connectivity index (χ0v) is 14.7. The Bertz CT molecular complexity index is 591. The van der Waals surface area contributed by atoms with Crippen molar-refractivity contribution in [3.05, 3.63) is 46.6 Å². The van der Waals surface area contributed by atoms with Crippen LogP contribution in [0, 0.1) is 11.3 Å². The van der Waals surface area contributed by atoms with E-state index in [1.165, 1.54) is 6.20 Å². The van der Waals surface area contributed by atoms with Crippen molar-refractivity contribution in [2.75, 3.05) is 40.5 Å². The maximum atomic E-state index is 12.2. The Balaban J connectivity index is 2.71. The number of ether oxygens (including phenoxy) is 2. The van der Waals surface area contributed by atoms with E-state index < -0.39 is 5.91 Å². The minimum absolute atomic E-state index is 0.0225. The van der Waals surface area contributed by atoms with Gasteiger partial charge in [0.2, 0.25) is 0 Å². The van der Waals surface area contributed by atoms with Crippen LogP contribution in [0.1, 0.15) is 5.56 Å². The van der Waals surface area contributed by atoms with Gasteiger partial charge in [0.1, 0.15) is 11.6 Å². The van der Waals surface area contributed by atoms with Crippen LogP contribution in [-0.4, -0.2) is 51.3 Å². The number of carbonyl (C=O) groups excluding carboxylic acids is 1. The van der Waals surface area contributed by atoms with Crippen molar-refractivity contribution in [3.63, 3.8) is 0 Å². The summed E-state index contributed by atoms with van der Waals surface area (Å²) in [5, 5.41) is 12.5. The number of halogens is 1. The van der Waals surface area contributed by atoms with Gasteiger partial charge in [-0.05, 0) is 11.6 Å². The molecule has 1 amide bonds. The molecule has 130 valence electrons. The molecule has 1 aromatic carbocycles. The largest absolute Gasteiger partial charge is 0.383 e. The Labute approximate surface area is 147 Å². The molecule has 0 saturated heterocycles. The molecule has 0 aliphatic carbocycles. The predicted octanol–water partition coefficient (Wildman–Crippen LogP) is 1.96. The quantitative estimate of drug-likeness (QED) is 0.515. The fourth-order valence-electron chi connectivity index (χ4n) is 1.89. The van der Waals surface area contributed by atoms with Crippen LogP contribution in [0.15, 0.2) is 36.0 Å². The Morgan fingerprint density at radius 3 is 2.46 bits per heavy atom. The number of nitrogens with one attached hydrogen (secondary N) is 1. The number of nitriles is 1. The summed E-state index contributed by atoms with van der Waals surface area (Å²) in [5.41, 5.74) is 0.815. The van der Waals surface area contributed by atoms with Crippen LogP contribution in [0.25, 0.3) is 0 Å². The van der Waals surface area contributed by atoms with Crippen LogP contribution >= 0.6 is 11.6 Å². The third-order valence-electron chi connectivity index (χ3n) is 3.24. The summed E-state index contributed by atoms with van der Waals surface area (Å²) in [7, 11) is 3.19. The smallest absolute Gasteiger partial charge is 0.263 e. The van der Waals surface area contributed by atoms with Gasteiger partial charge >= 0.3 is 0 Å². The van der Waals surface area contributed by atoms with Crippen molar-refractivity contribution in [1.29, 1.82) is 5.26 Å². The molecule has 0 atom stereocenters. The van der Waals surface area contributed by atoms with E-state index in [0.29, 0.717) is 31.3 Å². The summed E-state index contributed by atoms with van der Waals surface area (Å²) in [6, 6.07) is 9.16. The summed E-state index contributed by atoms with van der Waals surface area (Å²) in [6.07, 6.45) is 1.53. The van der Waals surface area contributed by atoms with Crippen LogP contribution in [0.5, 0.6) is 0 Å². The monoisotopic (exact) mass is 351 g/mol. The van der Waals surface area contributed by atoms with Gasteiger partial charge in [-0.15, -0.1) is 0 Å². The molecule has 6 nitrogen and oxygen atoms in total. The van der Waals surface area contributed by atoms with E-state index in [1.54, 1.807) is 20.3 Å². The van der Waals surface area contributed by atoms with Crippen molar-refractivity contribution in [2.24, 2.45) is 0 Å². The molecule has 1 N–H and O–H groups in total. The van der Waals surface area contributed by atoms with E-state index in [9.17, 15) is 10.1 Å². The molecular weight excluding hydrogens is 330 g/mol. The summed E-state index contributed by atoms with van der Waals surface area (Å²) in [6.45, 7) is 2.35. The van der Waals surface area contributed by atoms with E-state index in [2.05, 4.69) is 5.32 Å². The summed E-state index contributed by atoms with van der Waals surface area (Å²) < 4.78 is 10.1. The fraction of sp³-hybridized carbons (Fsp3) is 0.412. The molecule has 0 spiro atoms. The number of hydrogen-bond donors (Lipinski definition) is 1. The average molecular weight is 352 g/mol. The second-order valence-corrected chi connectivity index (χ2v) is 5.36. The summed E-state index contributed by atoms with van der Waals surface area (Å²) >= 11 is 6.05. The first kappa shape index (κ1) is 20.0. The molecule has 0 aliphatic rings. The minimum atomic E-state index is -0.447. The Morgan fingerprint density at radius 1 is 1.29 bits per heavy atom. The zero-order valence-electron chi connectivity index (χ0n) is 13.9. The number of carbonyl (C=O) groups is 1. The highest BCUT2D eigenvalue weighted by Crippen LogP contribution is 2.14. The van der Waals surface area contributed by atoms with Crippen molar-refractivity contribution in [1.82, 2.24) is 10.2 Å². The average Bonchev–Trinajstić information content (AvgIpc) is 2.60. The van der Waals surface area contributed by atoms with E-state index in [4.69, 9.17) is 21.1 Å².